The minimum atomic E-state index is -1.13. The molecular weight excluding hydrogens is 317 g/mol. The average molecular weight is 331 g/mol. The van der Waals surface area contributed by atoms with Gasteiger partial charge in [0.05, 0.1) is 12.6 Å². The van der Waals surface area contributed by atoms with Crippen LogP contribution in [0.4, 0.5) is 4.39 Å². The molecule has 0 radical (unpaired) electrons. The van der Waals surface area contributed by atoms with Crippen molar-refractivity contribution in [1.29, 1.82) is 0 Å². The van der Waals surface area contributed by atoms with Crippen molar-refractivity contribution >= 4 is 16.9 Å². The maximum atomic E-state index is 13.2. The highest BCUT2D eigenvalue weighted by atomic mass is 19.1. The molecule has 0 aliphatic heterocycles. The highest BCUT2D eigenvalue weighted by Gasteiger charge is 2.14. The number of aromatic nitrogens is 3. The number of esters is 1. The third kappa shape index (κ3) is 2.98. The summed E-state index contributed by atoms with van der Waals surface area (Å²) in [4.78, 5) is 39.4. The Morgan fingerprint density at radius 2 is 2.00 bits per heavy atom. The Bertz CT molecular complexity index is 1030. The highest BCUT2D eigenvalue weighted by Crippen LogP contribution is 2.22. The van der Waals surface area contributed by atoms with Crippen LogP contribution in [0.1, 0.15) is 11.3 Å². The van der Waals surface area contributed by atoms with Crippen LogP contribution in [0.25, 0.3) is 10.9 Å². The first-order chi connectivity index (χ1) is 11.5. The molecular formula is C16H14FN3O4. The normalized spacial score (nSPS) is 10.9. The SMILES string of the molecule is Cc1[nH]c2ccccc2c1CC(=O)OCn1cc(F)c(=O)[nH]c1=O. The zero-order valence-electron chi connectivity index (χ0n) is 12.8. The molecule has 0 bridgehead atoms. The zero-order chi connectivity index (χ0) is 17.3. The second-order valence-corrected chi connectivity index (χ2v) is 5.30. The molecule has 3 rings (SSSR count). The van der Waals surface area contributed by atoms with E-state index in [4.69, 9.17) is 4.74 Å². The van der Waals surface area contributed by atoms with Crippen LogP contribution in [0.3, 0.4) is 0 Å². The van der Waals surface area contributed by atoms with Gasteiger partial charge in [0.25, 0.3) is 5.56 Å². The van der Waals surface area contributed by atoms with Crippen LogP contribution in [-0.4, -0.2) is 20.5 Å². The maximum Gasteiger partial charge on any atom is 0.331 e. The number of rotatable bonds is 4. The van der Waals surface area contributed by atoms with Gasteiger partial charge in [0.1, 0.15) is 0 Å². The number of ether oxygens (including phenoxy) is 1. The Hall–Kier alpha value is -3.16. The van der Waals surface area contributed by atoms with Gasteiger partial charge in [0.2, 0.25) is 5.82 Å². The number of benzene rings is 1. The summed E-state index contributed by atoms with van der Waals surface area (Å²) in [6.07, 6.45) is 0.710. The van der Waals surface area contributed by atoms with Crippen molar-refractivity contribution in [3.63, 3.8) is 0 Å². The number of hydrogen-bond acceptors (Lipinski definition) is 4. The van der Waals surface area contributed by atoms with E-state index in [0.29, 0.717) is 6.20 Å². The van der Waals surface area contributed by atoms with E-state index < -0.39 is 29.8 Å². The summed E-state index contributed by atoms with van der Waals surface area (Å²) in [5, 5.41) is 0.916. The summed E-state index contributed by atoms with van der Waals surface area (Å²) >= 11 is 0. The number of para-hydroxylation sites is 1. The van der Waals surface area contributed by atoms with Crippen LogP contribution in [0.5, 0.6) is 0 Å². The van der Waals surface area contributed by atoms with Gasteiger partial charge in [-0.25, -0.2) is 4.79 Å². The first-order valence-corrected chi connectivity index (χ1v) is 7.17. The molecule has 2 aromatic heterocycles. The molecule has 0 unspecified atom stereocenters. The molecule has 0 aliphatic carbocycles. The lowest BCUT2D eigenvalue weighted by atomic mass is 10.1. The maximum absolute atomic E-state index is 13.2. The Kier molecular flexibility index (Phi) is 4.03. The standard InChI is InChI=1S/C16H14FN3O4/c1-9-11(10-4-2-3-5-13(10)18-9)6-14(21)24-8-20-7-12(17)15(22)19-16(20)23/h2-5,7,18H,6,8H2,1H3,(H,19,22,23). The molecule has 2 N–H and O–H groups in total. The number of carbonyl (C=O) groups excluding carboxylic acids is 1. The minimum absolute atomic E-state index is 0.0103. The molecule has 0 amide bonds. The number of H-pyrrole nitrogens is 2. The molecule has 0 saturated heterocycles. The molecule has 1 aromatic carbocycles. The number of carbonyl (C=O) groups is 1. The lowest BCUT2D eigenvalue weighted by molar-refractivity contribution is -0.146. The van der Waals surface area contributed by atoms with Gasteiger partial charge in [-0.2, -0.15) is 4.39 Å². The molecule has 0 spiro atoms. The van der Waals surface area contributed by atoms with Crippen LogP contribution in [0.15, 0.2) is 40.1 Å². The van der Waals surface area contributed by atoms with E-state index in [-0.39, 0.29) is 6.42 Å². The molecule has 3 aromatic rings. The highest BCUT2D eigenvalue weighted by molar-refractivity contribution is 5.88. The van der Waals surface area contributed by atoms with Crippen LogP contribution in [0.2, 0.25) is 0 Å². The summed E-state index contributed by atoms with van der Waals surface area (Å²) in [6, 6.07) is 7.55. The van der Waals surface area contributed by atoms with E-state index in [1.54, 1.807) is 4.98 Å². The average Bonchev–Trinajstić information content (AvgIpc) is 2.85. The third-order valence-corrected chi connectivity index (χ3v) is 3.68. The number of aromatic amines is 2. The molecule has 0 saturated carbocycles. The van der Waals surface area contributed by atoms with E-state index >= 15 is 0 Å². The topological polar surface area (TPSA) is 96.9 Å². The summed E-state index contributed by atoms with van der Waals surface area (Å²) in [5.41, 5.74) is 0.599. The lowest BCUT2D eigenvalue weighted by Gasteiger charge is -2.07. The van der Waals surface area contributed by atoms with Gasteiger partial charge >= 0.3 is 11.7 Å². The van der Waals surface area contributed by atoms with Gasteiger partial charge in [-0.05, 0) is 18.6 Å². The summed E-state index contributed by atoms with van der Waals surface area (Å²) in [5.74, 6) is -1.69. The molecule has 8 heteroatoms. The third-order valence-electron chi connectivity index (χ3n) is 3.68. The van der Waals surface area contributed by atoms with E-state index in [9.17, 15) is 18.8 Å². The predicted octanol–water partition coefficient (Wildman–Crippen LogP) is 1.21. The first kappa shape index (κ1) is 15.7. The minimum Gasteiger partial charge on any atom is -0.443 e. The number of nitrogens with one attached hydrogen (secondary N) is 2. The molecule has 124 valence electrons. The molecule has 0 atom stereocenters. The first-order valence-electron chi connectivity index (χ1n) is 7.17. The van der Waals surface area contributed by atoms with Gasteiger partial charge in [0.15, 0.2) is 6.73 Å². The monoisotopic (exact) mass is 331 g/mol. The van der Waals surface area contributed by atoms with E-state index in [1.165, 1.54) is 0 Å². The number of halogens is 1. The number of fused-ring (bicyclic) bond motifs is 1. The molecule has 24 heavy (non-hydrogen) atoms. The van der Waals surface area contributed by atoms with E-state index in [0.717, 1.165) is 26.7 Å². The van der Waals surface area contributed by atoms with Crippen molar-refractivity contribution in [2.75, 3.05) is 0 Å². The second-order valence-electron chi connectivity index (χ2n) is 5.30. The van der Waals surface area contributed by atoms with Crippen LogP contribution in [-0.2, 0) is 22.7 Å². The fraction of sp³-hybridized carbons (Fsp3) is 0.188. The van der Waals surface area contributed by atoms with Gasteiger partial charge in [-0.15, -0.1) is 0 Å². The Morgan fingerprint density at radius 1 is 1.25 bits per heavy atom. The van der Waals surface area contributed by atoms with E-state index in [1.807, 2.05) is 31.2 Å². The van der Waals surface area contributed by atoms with Crippen LogP contribution < -0.4 is 11.2 Å². The largest absolute Gasteiger partial charge is 0.443 e. The summed E-state index contributed by atoms with van der Waals surface area (Å²) in [7, 11) is 0. The van der Waals surface area contributed by atoms with Crippen LogP contribution >= 0.6 is 0 Å². The smallest absolute Gasteiger partial charge is 0.331 e. The Labute approximate surface area is 134 Å². The number of nitrogens with zero attached hydrogens (tertiary/aromatic N) is 1. The van der Waals surface area contributed by atoms with Gasteiger partial charge in [-0.1, -0.05) is 18.2 Å². The second kappa shape index (κ2) is 6.15. The Morgan fingerprint density at radius 3 is 2.79 bits per heavy atom. The number of hydrogen-bond donors (Lipinski definition) is 2. The summed E-state index contributed by atoms with van der Waals surface area (Å²) in [6.45, 7) is 1.37. The quantitative estimate of drug-likeness (QED) is 0.702. The van der Waals surface area contributed by atoms with Gasteiger partial charge in [0, 0.05) is 16.6 Å². The predicted molar refractivity (Wildman–Crippen MR) is 84.1 cm³/mol. The zero-order valence-corrected chi connectivity index (χ0v) is 12.8. The summed E-state index contributed by atoms with van der Waals surface area (Å²) < 4.78 is 18.9. The van der Waals surface area contributed by atoms with Crippen molar-refractivity contribution in [2.24, 2.45) is 0 Å². The molecule has 7 nitrogen and oxygen atoms in total. The fourth-order valence-corrected chi connectivity index (χ4v) is 2.48. The van der Waals surface area contributed by atoms with Crippen molar-refractivity contribution in [2.45, 2.75) is 20.1 Å². The van der Waals surface area contributed by atoms with Crippen molar-refractivity contribution in [3.05, 3.63) is 68.4 Å². The molecule has 2 heterocycles. The Balaban J connectivity index is 1.74. The van der Waals surface area contributed by atoms with Crippen molar-refractivity contribution < 1.29 is 13.9 Å². The number of aryl methyl sites for hydroxylation is 1. The lowest BCUT2D eigenvalue weighted by Crippen LogP contribution is -2.32. The van der Waals surface area contributed by atoms with Crippen molar-refractivity contribution in [1.82, 2.24) is 14.5 Å². The van der Waals surface area contributed by atoms with Crippen molar-refractivity contribution in [3.8, 4) is 0 Å². The van der Waals surface area contributed by atoms with Gasteiger partial charge in [-0.3, -0.25) is 19.1 Å². The van der Waals surface area contributed by atoms with Crippen LogP contribution in [0, 0.1) is 12.7 Å². The molecule has 0 fully saturated rings. The molecule has 0 aliphatic rings. The van der Waals surface area contributed by atoms with E-state index in [2.05, 4.69) is 4.98 Å². The fourth-order valence-electron chi connectivity index (χ4n) is 2.48. The van der Waals surface area contributed by atoms with Gasteiger partial charge < -0.3 is 9.72 Å².